The Morgan fingerprint density at radius 1 is 1.12 bits per heavy atom. The van der Waals surface area contributed by atoms with Gasteiger partial charge in [-0.1, -0.05) is 36.4 Å². The van der Waals surface area contributed by atoms with Gasteiger partial charge in [0.1, 0.15) is 11.7 Å². The zero-order valence-corrected chi connectivity index (χ0v) is 13.4. The van der Waals surface area contributed by atoms with Crippen LogP contribution in [0.5, 0.6) is 0 Å². The Bertz CT molecular complexity index is 759. The summed E-state index contributed by atoms with van der Waals surface area (Å²) in [6, 6.07) is 12.7. The minimum Gasteiger partial charge on any atom is -0.327 e. The Balaban J connectivity index is 1.91. The molecule has 1 saturated heterocycles. The van der Waals surface area contributed by atoms with Crippen LogP contribution in [0.3, 0.4) is 0 Å². The number of hydrogen-bond acceptors (Lipinski definition) is 4. The molecular formula is C19H18N2O3. The van der Waals surface area contributed by atoms with E-state index in [1.54, 1.807) is 24.5 Å². The number of aromatic nitrogens is 1. The van der Waals surface area contributed by atoms with Gasteiger partial charge >= 0.3 is 0 Å². The van der Waals surface area contributed by atoms with Gasteiger partial charge in [0.15, 0.2) is 0 Å². The van der Waals surface area contributed by atoms with Crippen molar-refractivity contribution in [3.63, 3.8) is 0 Å². The van der Waals surface area contributed by atoms with Gasteiger partial charge in [-0.2, -0.15) is 0 Å². The molecule has 5 heteroatoms. The van der Waals surface area contributed by atoms with Crippen molar-refractivity contribution in [2.24, 2.45) is 5.92 Å². The molecule has 3 rings (SSSR count). The van der Waals surface area contributed by atoms with Crippen molar-refractivity contribution in [1.82, 2.24) is 9.88 Å². The highest BCUT2D eigenvalue weighted by Gasteiger charge is 2.49. The molecule has 0 spiro atoms. The summed E-state index contributed by atoms with van der Waals surface area (Å²) in [5.74, 6) is -2.44. The largest absolute Gasteiger partial charge is 0.327 e. The molecule has 2 unspecified atom stereocenters. The highest BCUT2D eigenvalue weighted by molar-refractivity contribution is 6.42. The summed E-state index contributed by atoms with van der Waals surface area (Å²) in [5, 5.41) is 0. The first-order valence-electron chi connectivity index (χ1n) is 7.88. The molecule has 0 bridgehead atoms. The summed E-state index contributed by atoms with van der Waals surface area (Å²) in [6.07, 6.45) is 3.86. The number of ketones is 2. The third-order valence-corrected chi connectivity index (χ3v) is 4.35. The van der Waals surface area contributed by atoms with E-state index in [1.807, 2.05) is 30.3 Å². The van der Waals surface area contributed by atoms with Crippen LogP contribution in [0.25, 0.3) is 0 Å². The summed E-state index contributed by atoms with van der Waals surface area (Å²) in [6.45, 7) is 1.75. The van der Waals surface area contributed by atoms with E-state index >= 15 is 0 Å². The summed E-state index contributed by atoms with van der Waals surface area (Å²) in [7, 11) is 0. The van der Waals surface area contributed by atoms with Gasteiger partial charge < -0.3 is 4.90 Å². The number of benzene rings is 1. The maximum absolute atomic E-state index is 12.4. The zero-order valence-electron chi connectivity index (χ0n) is 13.4. The molecule has 122 valence electrons. The Morgan fingerprint density at radius 3 is 2.50 bits per heavy atom. The van der Waals surface area contributed by atoms with E-state index in [9.17, 15) is 14.4 Å². The summed E-state index contributed by atoms with van der Waals surface area (Å²) >= 11 is 0. The number of nitrogens with zero attached hydrogens (tertiary/aromatic N) is 2. The fraction of sp³-hybridized carbons (Fsp3) is 0.263. The third kappa shape index (κ3) is 2.97. The molecular weight excluding hydrogens is 304 g/mol. The first-order valence-corrected chi connectivity index (χ1v) is 7.88. The fourth-order valence-corrected chi connectivity index (χ4v) is 3.19. The topological polar surface area (TPSA) is 67.3 Å². The van der Waals surface area contributed by atoms with Crippen LogP contribution in [0.15, 0.2) is 54.9 Å². The van der Waals surface area contributed by atoms with E-state index in [0.29, 0.717) is 18.5 Å². The van der Waals surface area contributed by atoms with Gasteiger partial charge in [0.05, 0.1) is 6.04 Å². The molecule has 2 heterocycles. The van der Waals surface area contributed by atoms with E-state index in [1.165, 1.54) is 11.8 Å². The molecule has 2 atom stereocenters. The van der Waals surface area contributed by atoms with Crippen molar-refractivity contribution in [3.05, 3.63) is 66.0 Å². The van der Waals surface area contributed by atoms with Crippen LogP contribution in [0.4, 0.5) is 0 Å². The lowest BCUT2D eigenvalue weighted by molar-refractivity contribution is -0.142. The maximum atomic E-state index is 12.4. The number of pyridine rings is 1. The Kier molecular flexibility index (Phi) is 4.51. The zero-order chi connectivity index (χ0) is 17.1. The summed E-state index contributed by atoms with van der Waals surface area (Å²) in [5.41, 5.74) is 1.79. The van der Waals surface area contributed by atoms with Gasteiger partial charge in [-0.3, -0.25) is 19.4 Å². The molecule has 0 radical (unpaired) electrons. The van der Waals surface area contributed by atoms with Gasteiger partial charge in [0.25, 0.3) is 5.91 Å². The average molecular weight is 322 g/mol. The highest BCUT2D eigenvalue weighted by atomic mass is 16.2. The SMILES string of the molecule is CC(=O)C1C(=O)C(=O)N(CCc2ccccc2)C1c1cccnc1. The third-order valence-electron chi connectivity index (χ3n) is 4.35. The minimum atomic E-state index is -0.947. The number of Topliss-reactive ketones (excluding diaryl/α,β-unsaturated/α-hetero) is 2. The lowest BCUT2D eigenvalue weighted by atomic mass is 9.90. The second-order valence-electron chi connectivity index (χ2n) is 5.92. The number of amides is 1. The summed E-state index contributed by atoms with van der Waals surface area (Å²) in [4.78, 5) is 42.3. The molecule has 0 saturated carbocycles. The van der Waals surface area contributed by atoms with Crippen molar-refractivity contribution in [2.45, 2.75) is 19.4 Å². The van der Waals surface area contributed by atoms with Crippen molar-refractivity contribution in [2.75, 3.05) is 6.54 Å². The van der Waals surface area contributed by atoms with E-state index in [4.69, 9.17) is 0 Å². The number of carbonyl (C=O) groups excluding carboxylic acids is 3. The van der Waals surface area contributed by atoms with Crippen LogP contribution in [0.1, 0.15) is 24.1 Å². The monoisotopic (exact) mass is 322 g/mol. The molecule has 1 fully saturated rings. The number of hydrogen-bond donors (Lipinski definition) is 0. The molecule has 1 aromatic heterocycles. The lowest BCUT2D eigenvalue weighted by Gasteiger charge is -2.26. The van der Waals surface area contributed by atoms with Crippen molar-refractivity contribution >= 4 is 17.5 Å². The van der Waals surface area contributed by atoms with E-state index in [2.05, 4.69) is 4.98 Å². The second kappa shape index (κ2) is 6.74. The Hall–Kier alpha value is -2.82. The average Bonchev–Trinajstić information content (AvgIpc) is 2.86. The van der Waals surface area contributed by atoms with E-state index in [0.717, 1.165) is 5.56 Å². The molecule has 1 amide bonds. The molecule has 2 aromatic rings. The predicted molar refractivity (Wildman–Crippen MR) is 88.0 cm³/mol. The van der Waals surface area contributed by atoms with Gasteiger partial charge in [-0.05, 0) is 30.5 Å². The Labute approximate surface area is 140 Å². The highest BCUT2D eigenvalue weighted by Crippen LogP contribution is 2.36. The van der Waals surface area contributed by atoms with Crippen LogP contribution in [0, 0.1) is 5.92 Å². The predicted octanol–water partition coefficient (Wildman–Crippen LogP) is 1.98. The number of carbonyl (C=O) groups is 3. The van der Waals surface area contributed by atoms with Crippen LogP contribution in [-0.2, 0) is 20.8 Å². The molecule has 0 N–H and O–H groups in total. The molecule has 1 aromatic carbocycles. The standard InChI is InChI=1S/C19H18N2O3/c1-13(22)16-17(15-8-5-10-20-12-15)21(19(24)18(16)23)11-9-14-6-3-2-4-7-14/h2-8,10,12,16-17H,9,11H2,1H3. The fourth-order valence-electron chi connectivity index (χ4n) is 3.19. The minimum absolute atomic E-state index is 0.288. The van der Waals surface area contributed by atoms with Crippen molar-refractivity contribution in [1.29, 1.82) is 0 Å². The van der Waals surface area contributed by atoms with E-state index < -0.39 is 23.7 Å². The number of likely N-dealkylation sites (tertiary alicyclic amines) is 1. The van der Waals surface area contributed by atoms with E-state index in [-0.39, 0.29) is 5.78 Å². The second-order valence-corrected chi connectivity index (χ2v) is 5.92. The first-order chi connectivity index (χ1) is 11.6. The molecule has 0 aliphatic carbocycles. The lowest BCUT2D eigenvalue weighted by Crippen LogP contribution is -2.32. The molecule has 1 aliphatic heterocycles. The van der Waals surface area contributed by atoms with Crippen LogP contribution < -0.4 is 0 Å². The van der Waals surface area contributed by atoms with Crippen molar-refractivity contribution < 1.29 is 14.4 Å². The van der Waals surface area contributed by atoms with Crippen LogP contribution in [0.2, 0.25) is 0 Å². The molecule has 5 nitrogen and oxygen atoms in total. The van der Waals surface area contributed by atoms with Gasteiger partial charge in [-0.15, -0.1) is 0 Å². The van der Waals surface area contributed by atoms with Crippen molar-refractivity contribution in [3.8, 4) is 0 Å². The smallest absolute Gasteiger partial charge is 0.291 e. The quantitative estimate of drug-likeness (QED) is 0.623. The Morgan fingerprint density at radius 2 is 1.88 bits per heavy atom. The van der Waals surface area contributed by atoms with Crippen LogP contribution in [-0.4, -0.2) is 33.9 Å². The summed E-state index contributed by atoms with van der Waals surface area (Å²) < 4.78 is 0. The maximum Gasteiger partial charge on any atom is 0.291 e. The van der Waals surface area contributed by atoms with Gasteiger partial charge in [-0.25, -0.2) is 0 Å². The number of rotatable bonds is 5. The normalized spacial score (nSPS) is 20.5. The molecule has 24 heavy (non-hydrogen) atoms. The molecule has 1 aliphatic rings. The first kappa shape index (κ1) is 16.1. The van der Waals surface area contributed by atoms with Gasteiger partial charge in [0.2, 0.25) is 5.78 Å². The van der Waals surface area contributed by atoms with Gasteiger partial charge in [0, 0.05) is 18.9 Å². The van der Waals surface area contributed by atoms with Crippen LogP contribution >= 0.6 is 0 Å².